The van der Waals surface area contributed by atoms with Gasteiger partial charge in [-0.05, 0) is 23.8 Å². The lowest BCUT2D eigenvalue weighted by Crippen LogP contribution is -2.41. The maximum absolute atomic E-state index is 14.4. The van der Waals surface area contributed by atoms with Crippen molar-refractivity contribution in [1.82, 2.24) is 20.1 Å². The molecule has 36 heavy (non-hydrogen) atoms. The molecule has 1 N–H and O–H groups in total. The summed E-state index contributed by atoms with van der Waals surface area (Å²) in [4.78, 5) is 21.2. The Balaban J connectivity index is 1.23. The number of nitrogens with zero attached hydrogens (tertiary/aromatic N) is 3. The first-order chi connectivity index (χ1) is 17.6. The molecule has 1 aromatic heterocycles. The predicted octanol–water partition coefficient (Wildman–Crippen LogP) is 2.81. The quantitative estimate of drug-likeness (QED) is 0.459. The highest BCUT2D eigenvalue weighted by Crippen LogP contribution is 2.33. The Kier molecular flexibility index (Phi) is 7.75. The second-order valence-electron chi connectivity index (χ2n) is 8.76. The van der Waals surface area contributed by atoms with Gasteiger partial charge in [0.25, 0.3) is 5.91 Å². The van der Waals surface area contributed by atoms with E-state index in [1.807, 2.05) is 29.2 Å². The summed E-state index contributed by atoms with van der Waals surface area (Å²) in [6.45, 7) is 5.77. The molecule has 0 saturated carbocycles. The van der Waals surface area contributed by atoms with Crippen molar-refractivity contribution in [3.05, 3.63) is 77.3 Å². The number of nitrogens with one attached hydrogen (secondary N) is 1. The smallest absolute Gasteiger partial charge is 0.273 e. The van der Waals surface area contributed by atoms with Gasteiger partial charge in [-0.25, -0.2) is 9.37 Å². The number of morpholine rings is 1. The molecule has 0 unspecified atom stereocenters. The highest BCUT2D eigenvalue weighted by molar-refractivity contribution is 5.91. The zero-order valence-corrected chi connectivity index (χ0v) is 20.0. The van der Waals surface area contributed by atoms with Crippen LogP contribution in [0.1, 0.15) is 27.5 Å². The van der Waals surface area contributed by atoms with Crippen LogP contribution in [0.5, 0.6) is 11.5 Å². The first-order valence-corrected chi connectivity index (χ1v) is 12.0. The fourth-order valence-electron chi connectivity index (χ4n) is 4.25. The van der Waals surface area contributed by atoms with Gasteiger partial charge in [-0.3, -0.25) is 14.6 Å². The van der Waals surface area contributed by atoms with Crippen molar-refractivity contribution in [1.29, 1.82) is 0 Å². The highest BCUT2D eigenvalue weighted by atomic mass is 19.1. The van der Waals surface area contributed by atoms with E-state index in [1.54, 1.807) is 12.1 Å². The van der Waals surface area contributed by atoms with Crippen LogP contribution in [-0.4, -0.2) is 66.9 Å². The van der Waals surface area contributed by atoms with E-state index in [0.717, 1.165) is 38.4 Å². The monoisotopic (exact) mass is 496 g/mol. The van der Waals surface area contributed by atoms with Gasteiger partial charge in [0.2, 0.25) is 12.7 Å². The number of fused-ring (bicyclic) bond motifs is 1. The average molecular weight is 497 g/mol. The fourth-order valence-corrected chi connectivity index (χ4v) is 4.25. The van der Waals surface area contributed by atoms with Crippen molar-refractivity contribution in [2.24, 2.45) is 0 Å². The number of halogens is 1. The summed E-state index contributed by atoms with van der Waals surface area (Å²) in [5.74, 6) is 1.21. The molecule has 1 fully saturated rings. The predicted molar refractivity (Wildman–Crippen MR) is 128 cm³/mol. The van der Waals surface area contributed by atoms with E-state index in [1.165, 1.54) is 12.3 Å². The van der Waals surface area contributed by atoms with E-state index >= 15 is 0 Å². The molecule has 0 spiro atoms. The van der Waals surface area contributed by atoms with E-state index in [2.05, 4.69) is 15.2 Å². The number of amides is 1. The molecular formula is C26H29FN4O5. The van der Waals surface area contributed by atoms with E-state index in [0.29, 0.717) is 49.1 Å². The molecule has 2 aliphatic heterocycles. The molecule has 2 aliphatic rings. The lowest BCUT2D eigenvalue weighted by Gasteiger charge is -2.26. The number of aromatic nitrogens is 1. The summed E-state index contributed by atoms with van der Waals surface area (Å²) in [5.41, 5.74) is 1.76. The number of hydrogen-bond acceptors (Lipinski definition) is 8. The number of hydrogen-bond donors (Lipinski definition) is 1. The van der Waals surface area contributed by atoms with Gasteiger partial charge in [-0.15, -0.1) is 0 Å². The first kappa shape index (κ1) is 24.2. The summed E-state index contributed by atoms with van der Waals surface area (Å²) >= 11 is 0. The maximum atomic E-state index is 14.4. The number of rotatable bonds is 10. The Morgan fingerprint density at radius 3 is 2.75 bits per heavy atom. The molecule has 5 rings (SSSR count). The van der Waals surface area contributed by atoms with Crippen LogP contribution in [0, 0.1) is 5.82 Å². The van der Waals surface area contributed by atoms with Gasteiger partial charge in [-0.2, -0.15) is 0 Å². The van der Waals surface area contributed by atoms with Crippen LogP contribution in [0.2, 0.25) is 0 Å². The standard InChI is InChI=1S/C26H29FN4O5/c27-21-4-2-1-3-20(21)15-31(14-19-5-6-23-24(13-19)36-18-35-23)16-25-29-22(17-34-25)26(32)28-7-8-30-9-11-33-12-10-30/h1-6,13,17H,7-12,14-16,18H2,(H,28,32). The van der Waals surface area contributed by atoms with Gasteiger partial charge < -0.3 is 23.9 Å². The molecule has 3 heterocycles. The Morgan fingerprint density at radius 1 is 1.06 bits per heavy atom. The lowest BCUT2D eigenvalue weighted by molar-refractivity contribution is 0.0383. The Bertz CT molecular complexity index is 1180. The molecule has 0 bridgehead atoms. The summed E-state index contributed by atoms with van der Waals surface area (Å²) in [6, 6.07) is 12.4. The largest absolute Gasteiger partial charge is 0.454 e. The Hall–Kier alpha value is -3.47. The lowest BCUT2D eigenvalue weighted by atomic mass is 10.1. The van der Waals surface area contributed by atoms with Gasteiger partial charge in [-0.1, -0.05) is 24.3 Å². The normalized spacial score (nSPS) is 15.4. The Morgan fingerprint density at radius 2 is 1.89 bits per heavy atom. The maximum Gasteiger partial charge on any atom is 0.273 e. The molecular weight excluding hydrogens is 467 g/mol. The van der Waals surface area contributed by atoms with Crippen LogP contribution in [0.25, 0.3) is 0 Å². The van der Waals surface area contributed by atoms with Crippen molar-refractivity contribution < 1.29 is 27.8 Å². The Labute approximate surface area is 208 Å². The number of carbonyl (C=O) groups excluding carboxylic acids is 1. The number of benzene rings is 2. The number of carbonyl (C=O) groups is 1. The van der Waals surface area contributed by atoms with Gasteiger partial charge in [0.15, 0.2) is 17.2 Å². The molecule has 9 nitrogen and oxygen atoms in total. The van der Waals surface area contributed by atoms with Crippen LogP contribution in [0.3, 0.4) is 0 Å². The van der Waals surface area contributed by atoms with E-state index in [-0.39, 0.29) is 24.2 Å². The van der Waals surface area contributed by atoms with E-state index in [4.69, 9.17) is 18.6 Å². The fraction of sp³-hybridized carbons (Fsp3) is 0.385. The average Bonchev–Trinajstić information content (AvgIpc) is 3.55. The van der Waals surface area contributed by atoms with Crippen molar-refractivity contribution in [3.8, 4) is 11.5 Å². The third-order valence-corrected chi connectivity index (χ3v) is 6.16. The summed E-state index contributed by atoms with van der Waals surface area (Å²) in [6.07, 6.45) is 1.36. The molecule has 1 saturated heterocycles. The molecule has 2 aromatic carbocycles. The third-order valence-electron chi connectivity index (χ3n) is 6.16. The van der Waals surface area contributed by atoms with Gasteiger partial charge in [0.05, 0.1) is 19.8 Å². The van der Waals surface area contributed by atoms with E-state index in [9.17, 15) is 9.18 Å². The minimum atomic E-state index is -0.283. The van der Waals surface area contributed by atoms with Crippen LogP contribution in [-0.2, 0) is 24.4 Å². The van der Waals surface area contributed by atoms with Crippen molar-refractivity contribution in [2.75, 3.05) is 46.2 Å². The second kappa shape index (κ2) is 11.5. The molecule has 0 radical (unpaired) electrons. The summed E-state index contributed by atoms with van der Waals surface area (Å²) in [7, 11) is 0. The van der Waals surface area contributed by atoms with Crippen molar-refractivity contribution in [3.63, 3.8) is 0 Å². The minimum absolute atomic E-state index is 0.200. The zero-order chi connectivity index (χ0) is 24.7. The highest BCUT2D eigenvalue weighted by Gasteiger charge is 2.19. The summed E-state index contributed by atoms with van der Waals surface area (Å²) in [5, 5.41) is 2.89. The van der Waals surface area contributed by atoms with Crippen LogP contribution in [0.15, 0.2) is 53.1 Å². The van der Waals surface area contributed by atoms with E-state index < -0.39 is 0 Å². The molecule has 3 aromatic rings. The SMILES string of the molecule is O=C(NCCN1CCOCC1)c1coc(CN(Cc2ccc3c(c2)OCO3)Cc2ccccc2F)n1. The zero-order valence-electron chi connectivity index (χ0n) is 20.0. The van der Waals surface area contributed by atoms with Crippen LogP contribution in [0.4, 0.5) is 4.39 Å². The second-order valence-corrected chi connectivity index (χ2v) is 8.76. The first-order valence-electron chi connectivity index (χ1n) is 12.0. The van der Waals surface area contributed by atoms with Gasteiger partial charge >= 0.3 is 0 Å². The van der Waals surface area contributed by atoms with Crippen molar-refractivity contribution in [2.45, 2.75) is 19.6 Å². The minimum Gasteiger partial charge on any atom is -0.454 e. The van der Waals surface area contributed by atoms with Crippen molar-refractivity contribution >= 4 is 5.91 Å². The third kappa shape index (κ3) is 6.20. The number of oxazole rings is 1. The molecule has 0 atom stereocenters. The molecule has 10 heteroatoms. The van der Waals surface area contributed by atoms with Crippen LogP contribution < -0.4 is 14.8 Å². The van der Waals surface area contributed by atoms with Gasteiger partial charge in [0.1, 0.15) is 12.1 Å². The topological polar surface area (TPSA) is 89.3 Å². The summed E-state index contributed by atoms with van der Waals surface area (Å²) < 4.78 is 36.2. The van der Waals surface area contributed by atoms with Gasteiger partial charge in [0, 0.05) is 44.8 Å². The molecule has 0 aliphatic carbocycles. The molecule has 1 amide bonds. The number of ether oxygens (including phenoxy) is 3. The molecule has 190 valence electrons. The van der Waals surface area contributed by atoms with Crippen LogP contribution >= 0.6 is 0 Å².